The van der Waals surface area contributed by atoms with Gasteiger partial charge in [0.25, 0.3) is 0 Å². The van der Waals surface area contributed by atoms with Crippen molar-refractivity contribution in [2.45, 2.75) is 32.7 Å². The Labute approximate surface area is 156 Å². The van der Waals surface area contributed by atoms with Crippen LogP contribution in [0.2, 0.25) is 0 Å². The van der Waals surface area contributed by atoms with Gasteiger partial charge in [-0.3, -0.25) is 4.79 Å². The van der Waals surface area contributed by atoms with E-state index in [1.807, 2.05) is 6.92 Å². The Balaban J connectivity index is 0.00000208. The maximum atomic E-state index is 12.4. The molecule has 1 amide bonds. The molecule has 0 aliphatic carbocycles. The van der Waals surface area contributed by atoms with Crippen molar-refractivity contribution in [3.05, 3.63) is 21.9 Å². The number of ether oxygens (including phenoxy) is 1. The number of nitrogens with zero attached hydrogens (tertiary/aromatic N) is 1. The molecule has 1 saturated heterocycles. The van der Waals surface area contributed by atoms with E-state index >= 15 is 0 Å². The third-order valence-corrected chi connectivity index (χ3v) is 5.97. The summed E-state index contributed by atoms with van der Waals surface area (Å²) in [6.45, 7) is 5.47. The van der Waals surface area contributed by atoms with E-state index in [9.17, 15) is 4.79 Å². The third-order valence-electron chi connectivity index (χ3n) is 4.08. The van der Waals surface area contributed by atoms with Gasteiger partial charge < -0.3 is 15.8 Å². The first-order valence-corrected chi connectivity index (χ1v) is 9.36. The van der Waals surface area contributed by atoms with Gasteiger partial charge in [-0.05, 0) is 44.7 Å². The van der Waals surface area contributed by atoms with E-state index in [0.29, 0.717) is 18.3 Å². The number of nitrogens with one attached hydrogen (secondary N) is 1. The second-order valence-electron chi connectivity index (χ2n) is 5.80. The molecule has 3 N–H and O–H groups in total. The van der Waals surface area contributed by atoms with Crippen LogP contribution in [0.4, 0.5) is 5.13 Å². The standard InChI is InChI=1S/C16H21N3O2S2.ClH/c1-9-3-4-12(22-9)14-10(2)23-16(18-14)19-15(20)13(17)11-5-7-21-8-6-11;/h3-4,11,13H,5-8,17H2,1-2H3,(H,18,19,20);1H. The van der Waals surface area contributed by atoms with Crippen molar-refractivity contribution in [2.75, 3.05) is 18.5 Å². The second-order valence-corrected chi connectivity index (χ2v) is 8.29. The Morgan fingerprint density at radius 3 is 2.67 bits per heavy atom. The first kappa shape index (κ1) is 19.3. The number of thiazole rings is 1. The molecular formula is C16H22ClN3O2S2. The molecule has 2 aromatic heterocycles. The van der Waals surface area contributed by atoms with Gasteiger partial charge in [-0.25, -0.2) is 4.98 Å². The van der Waals surface area contributed by atoms with Crippen LogP contribution in [0.15, 0.2) is 12.1 Å². The summed E-state index contributed by atoms with van der Waals surface area (Å²) in [6, 6.07) is 3.65. The number of carbonyl (C=O) groups excluding carboxylic acids is 1. The molecule has 3 rings (SSSR count). The molecule has 0 radical (unpaired) electrons. The summed E-state index contributed by atoms with van der Waals surface area (Å²) in [5.41, 5.74) is 7.06. The minimum absolute atomic E-state index is 0. The Kier molecular flexibility index (Phi) is 6.77. The number of thiophene rings is 1. The Morgan fingerprint density at radius 1 is 1.33 bits per heavy atom. The molecule has 1 aliphatic rings. The van der Waals surface area contributed by atoms with Crippen LogP contribution >= 0.6 is 35.1 Å². The number of amides is 1. The molecule has 1 atom stereocenters. The van der Waals surface area contributed by atoms with Gasteiger partial charge in [0, 0.05) is 23.0 Å². The van der Waals surface area contributed by atoms with Gasteiger partial charge in [0.1, 0.15) is 0 Å². The summed E-state index contributed by atoms with van der Waals surface area (Å²) >= 11 is 3.20. The molecule has 0 spiro atoms. The van der Waals surface area contributed by atoms with E-state index in [4.69, 9.17) is 10.5 Å². The van der Waals surface area contributed by atoms with Crippen molar-refractivity contribution in [1.29, 1.82) is 0 Å². The third kappa shape index (κ3) is 4.34. The highest BCUT2D eigenvalue weighted by atomic mass is 35.5. The molecule has 1 aliphatic heterocycles. The van der Waals surface area contributed by atoms with E-state index in [-0.39, 0.29) is 24.2 Å². The molecule has 1 unspecified atom stereocenters. The van der Waals surface area contributed by atoms with Crippen LogP contribution in [0.3, 0.4) is 0 Å². The van der Waals surface area contributed by atoms with Gasteiger partial charge in [-0.1, -0.05) is 0 Å². The van der Waals surface area contributed by atoms with Gasteiger partial charge >= 0.3 is 0 Å². The van der Waals surface area contributed by atoms with Crippen molar-refractivity contribution in [2.24, 2.45) is 11.7 Å². The number of rotatable bonds is 4. The van der Waals surface area contributed by atoms with Gasteiger partial charge in [0.05, 0.1) is 16.6 Å². The molecule has 132 valence electrons. The predicted molar refractivity (Wildman–Crippen MR) is 102 cm³/mol. The summed E-state index contributed by atoms with van der Waals surface area (Å²) in [4.78, 5) is 20.4. The number of hydrogen-bond acceptors (Lipinski definition) is 6. The maximum absolute atomic E-state index is 12.4. The fraction of sp³-hybridized carbons (Fsp3) is 0.500. The van der Waals surface area contributed by atoms with Crippen molar-refractivity contribution in [3.63, 3.8) is 0 Å². The lowest BCUT2D eigenvalue weighted by Crippen LogP contribution is -2.43. The number of carbonyl (C=O) groups is 1. The Hall–Kier alpha value is -0.990. The molecule has 1 fully saturated rings. The van der Waals surface area contributed by atoms with E-state index in [2.05, 4.69) is 29.4 Å². The second kappa shape index (κ2) is 8.40. The number of anilines is 1. The minimum atomic E-state index is -0.504. The fourth-order valence-corrected chi connectivity index (χ4v) is 4.53. The van der Waals surface area contributed by atoms with Crippen LogP contribution in [-0.2, 0) is 9.53 Å². The summed E-state index contributed by atoms with van der Waals surface area (Å²) in [6.07, 6.45) is 1.68. The largest absolute Gasteiger partial charge is 0.381 e. The van der Waals surface area contributed by atoms with E-state index in [0.717, 1.165) is 28.3 Å². The normalized spacial score (nSPS) is 16.5. The van der Waals surface area contributed by atoms with Crippen molar-refractivity contribution in [3.8, 4) is 10.6 Å². The van der Waals surface area contributed by atoms with Gasteiger partial charge in [0.2, 0.25) is 5.91 Å². The molecule has 2 aromatic rings. The maximum Gasteiger partial charge on any atom is 0.243 e. The summed E-state index contributed by atoms with van der Waals surface area (Å²) in [5.74, 6) is 0.0313. The van der Waals surface area contributed by atoms with Crippen LogP contribution in [-0.4, -0.2) is 30.1 Å². The highest BCUT2D eigenvalue weighted by Crippen LogP contribution is 2.34. The zero-order valence-corrected chi connectivity index (χ0v) is 16.2. The van der Waals surface area contributed by atoms with Crippen molar-refractivity contribution < 1.29 is 9.53 Å². The highest BCUT2D eigenvalue weighted by Gasteiger charge is 2.27. The lowest BCUT2D eigenvalue weighted by molar-refractivity contribution is -0.119. The topological polar surface area (TPSA) is 77.2 Å². The number of aryl methyl sites for hydroxylation is 2. The number of aromatic nitrogens is 1. The molecule has 24 heavy (non-hydrogen) atoms. The molecule has 5 nitrogen and oxygen atoms in total. The quantitative estimate of drug-likeness (QED) is 0.840. The Bertz CT molecular complexity index is 695. The van der Waals surface area contributed by atoms with E-state index < -0.39 is 6.04 Å². The lowest BCUT2D eigenvalue weighted by Gasteiger charge is -2.26. The monoisotopic (exact) mass is 387 g/mol. The van der Waals surface area contributed by atoms with Crippen molar-refractivity contribution in [1.82, 2.24) is 4.98 Å². The molecule has 3 heterocycles. The van der Waals surface area contributed by atoms with Gasteiger partial charge in [-0.2, -0.15) is 0 Å². The molecule has 0 aromatic carbocycles. The summed E-state index contributed by atoms with van der Waals surface area (Å²) in [5, 5.41) is 3.51. The molecular weight excluding hydrogens is 366 g/mol. The molecule has 0 bridgehead atoms. The van der Waals surface area contributed by atoms with Crippen LogP contribution in [0.5, 0.6) is 0 Å². The van der Waals surface area contributed by atoms with Crippen LogP contribution in [0, 0.1) is 19.8 Å². The smallest absolute Gasteiger partial charge is 0.243 e. The molecule has 8 heteroatoms. The van der Waals surface area contributed by atoms with Crippen LogP contribution in [0.1, 0.15) is 22.6 Å². The van der Waals surface area contributed by atoms with Gasteiger partial charge in [-0.15, -0.1) is 35.1 Å². The first-order valence-electron chi connectivity index (χ1n) is 7.73. The fourth-order valence-electron chi connectivity index (χ4n) is 2.72. The number of halogens is 1. The zero-order chi connectivity index (χ0) is 16.4. The number of hydrogen-bond donors (Lipinski definition) is 2. The van der Waals surface area contributed by atoms with E-state index in [1.54, 1.807) is 11.3 Å². The average molecular weight is 388 g/mol. The van der Waals surface area contributed by atoms with Crippen LogP contribution in [0.25, 0.3) is 10.6 Å². The lowest BCUT2D eigenvalue weighted by atomic mass is 9.92. The average Bonchev–Trinajstić information content (AvgIpc) is 3.13. The molecule has 0 saturated carbocycles. The highest BCUT2D eigenvalue weighted by molar-refractivity contribution is 7.18. The minimum Gasteiger partial charge on any atom is -0.381 e. The first-order chi connectivity index (χ1) is 11.0. The summed E-state index contributed by atoms with van der Waals surface area (Å²) < 4.78 is 5.32. The Morgan fingerprint density at radius 2 is 2.04 bits per heavy atom. The predicted octanol–water partition coefficient (Wildman–Crippen LogP) is 3.60. The SMILES string of the molecule is Cc1ccc(-c2nc(NC(=O)C(N)C3CCOCC3)sc2C)s1.Cl. The zero-order valence-electron chi connectivity index (χ0n) is 13.7. The van der Waals surface area contributed by atoms with Crippen LogP contribution < -0.4 is 11.1 Å². The number of nitrogens with two attached hydrogens (primary N) is 1. The van der Waals surface area contributed by atoms with Crippen molar-refractivity contribution >= 4 is 46.1 Å². The summed E-state index contributed by atoms with van der Waals surface area (Å²) in [7, 11) is 0. The van der Waals surface area contributed by atoms with E-state index in [1.165, 1.54) is 16.2 Å². The van der Waals surface area contributed by atoms with Gasteiger partial charge in [0.15, 0.2) is 5.13 Å².